The van der Waals surface area contributed by atoms with Crippen molar-refractivity contribution in [3.63, 3.8) is 0 Å². The summed E-state index contributed by atoms with van der Waals surface area (Å²) in [6.45, 7) is 7.87. The second-order valence-corrected chi connectivity index (χ2v) is 13.6. The van der Waals surface area contributed by atoms with Gasteiger partial charge in [-0.05, 0) is 78.3 Å². The number of hydrogen-bond acceptors (Lipinski definition) is 4. The summed E-state index contributed by atoms with van der Waals surface area (Å²) in [4.78, 5) is 0.242. The van der Waals surface area contributed by atoms with Crippen LogP contribution < -0.4 is 0 Å². The van der Waals surface area contributed by atoms with E-state index in [-0.39, 0.29) is 16.6 Å². The number of rotatable bonds is 9. The molecule has 0 bridgehead atoms. The molecule has 0 amide bonds. The summed E-state index contributed by atoms with van der Waals surface area (Å²) < 4.78 is 46.6. The zero-order chi connectivity index (χ0) is 29.5. The highest BCUT2D eigenvalue weighted by molar-refractivity contribution is 7.89. The van der Waals surface area contributed by atoms with Gasteiger partial charge in [-0.15, -0.1) is 0 Å². The Bertz CT molecular complexity index is 1810. The summed E-state index contributed by atoms with van der Waals surface area (Å²) in [5.74, 6) is -0.103. The average Bonchev–Trinajstić information content (AvgIpc) is 3.73. The predicted molar refractivity (Wildman–Crippen MR) is 163 cm³/mol. The van der Waals surface area contributed by atoms with Gasteiger partial charge in [0.25, 0.3) is 0 Å². The smallest absolute Gasteiger partial charge is 0.246 e. The number of hydrogen-bond donors (Lipinski definition) is 0. The van der Waals surface area contributed by atoms with Gasteiger partial charge in [0.05, 0.1) is 23.6 Å². The first-order valence-electron chi connectivity index (χ1n) is 14.5. The van der Waals surface area contributed by atoms with Gasteiger partial charge in [0.15, 0.2) is 0 Å². The summed E-state index contributed by atoms with van der Waals surface area (Å²) >= 11 is 0. The molecule has 0 spiro atoms. The van der Waals surface area contributed by atoms with E-state index in [9.17, 15) is 12.8 Å². The Kier molecular flexibility index (Phi) is 7.49. The highest BCUT2D eigenvalue weighted by atomic mass is 32.2. The molecular weight excluding hydrogens is 549 g/mol. The zero-order valence-corrected chi connectivity index (χ0v) is 25.1. The van der Waals surface area contributed by atoms with Crippen molar-refractivity contribution in [3.05, 3.63) is 108 Å². The third-order valence-corrected chi connectivity index (χ3v) is 10.2. The Morgan fingerprint density at radius 2 is 1.76 bits per heavy atom. The largest absolute Gasteiger partial charge is 0.271 e. The molecule has 3 heterocycles. The fraction of sp³-hybridized carbons (Fsp3) is 0.333. The number of aryl methyl sites for hydroxylation is 1. The van der Waals surface area contributed by atoms with Crippen molar-refractivity contribution in [2.75, 3.05) is 13.1 Å². The van der Waals surface area contributed by atoms with E-state index in [4.69, 9.17) is 0 Å². The van der Waals surface area contributed by atoms with Crippen molar-refractivity contribution < 1.29 is 12.8 Å². The molecule has 218 valence electrons. The number of aromatic nitrogens is 4. The maximum atomic E-state index is 13.9. The number of fused-ring (bicyclic) bond motifs is 1. The minimum Gasteiger partial charge on any atom is -0.271 e. The molecule has 7 nitrogen and oxygen atoms in total. The molecular formula is C33H36FN5O2S. The van der Waals surface area contributed by atoms with Gasteiger partial charge in [-0.3, -0.25) is 4.68 Å². The van der Waals surface area contributed by atoms with Crippen molar-refractivity contribution in [1.29, 1.82) is 0 Å². The highest BCUT2D eigenvalue weighted by Crippen LogP contribution is 2.44. The fourth-order valence-electron chi connectivity index (χ4n) is 6.28. The Balaban J connectivity index is 1.46. The van der Waals surface area contributed by atoms with Crippen LogP contribution in [-0.4, -0.2) is 45.4 Å². The first-order chi connectivity index (χ1) is 20.2. The lowest BCUT2D eigenvalue weighted by molar-refractivity contribution is 0.412. The molecule has 1 aliphatic heterocycles. The van der Waals surface area contributed by atoms with Crippen LogP contribution in [0.4, 0.5) is 4.39 Å². The molecule has 0 saturated carbocycles. The molecule has 2 aromatic heterocycles. The molecule has 1 fully saturated rings. The van der Waals surface area contributed by atoms with E-state index < -0.39 is 15.4 Å². The van der Waals surface area contributed by atoms with Crippen LogP contribution in [0.25, 0.3) is 16.6 Å². The predicted octanol–water partition coefficient (Wildman–Crippen LogP) is 6.47. The third kappa shape index (κ3) is 5.16. The van der Waals surface area contributed by atoms with E-state index in [0.29, 0.717) is 32.5 Å². The SMILES string of the molecule is CCCn1cc(S(=O)(=O)N2CCC(Cc3ccccc3)(c3cc4cnn(-c5ccc(F)cc5)c4cc3C(C)C)C2)cn1. The Morgan fingerprint density at radius 3 is 2.48 bits per heavy atom. The molecule has 1 atom stereocenters. The van der Waals surface area contributed by atoms with Crippen LogP contribution in [0.15, 0.2) is 90.2 Å². The van der Waals surface area contributed by atoms with Gasteiger partial charge in [0.1, 0.15) is 10.7 Å². The van der Waals surface area contributed by atoms with Gasteiger partial charge < -0.3 is 0 Å². The minimum atomic E-state index is -3.72. The van der Waals surface area contributed by atoms with Gasteiger partial charge in [-0.1, -0.05) is 51.1 Å². The van der Waals surface area contributed by atoms with Crippen molar-refractivity contribution in [2.24, 2.45) is 0 Å². The van der Waals surface area contributed by atoms with Crippen LogP contribution in [0.3, 0.4) is 0 Å². The lowest BCUT2D eigenvalue weighted by Gasteiger charge is -2.33. The van der Waals surface area contributed by atoms with Gasteiger partial charge in [0.2, 0.25) is 10.0 Å². The highest BCUT2D eigenvalue weighted by Gasteiger charge is 2.46. The van der Waals surface area contributed by atoms with Crippen LogP contribution in [0.2, 0.25) is 0 Å². The molecule has 3 aromatic carbocycles. The maximum Gasteiger partial charge on any atom is 0.246 e. The second-order valence-electron chi connectivity index (χ2n) is 11.7. The van der Waals surface area contributed by atoms with Crippen LogP contribution >= 0.6 is 0 Å². The van der Waals surface area contributed by atoms with Crippen molar-refractivity contribution in [1.82, 2.24) is 23.9 Å². The normalized spacial score (nSPS) is 17.9. The van der Waals surface area contributed by atoms with E-state index in [1.165, 1.54) is 23.9 Å². The molecule has 1 aliphatic rings. The van der Waals surface area contributed by atoms with Crippen molar-refractivity contribution in [3.8, 4) is 5.69 Å². The molecule has 0 radical (unpaired) electrons. The summed E-state index contributed by atoms with van der Waals surface area (Å²) in [5, 5.41) is 9.92. The maximum absolute atomic E-state index is 13.9. The molecule has 6 rings (SSSR count). The first-order valence-corrected chi connectivity index (χ1v) is 16.0. The third-order valence-electron chi connectivity index (χ3n) is 8.41. The fourth-order valence-corrected chi connectivity index (χ4v) is 7.76. The van der Waals surface area contributed by atoms with E-state index in [1.54, 1.807) is 27.3 Å². The Hall–Kier alpha value is -3.82. The Labute approximate surface area is 246 Å². The van der Waals surface area contributed by atoms with Crippen LogP contribution in [0, 0.1) is 5.82 Å². The van der Waals surface area contributed by atoms with Crippen LogP contribution in [0.1, 0.15) is 56.2 Å². The molecule has 1 saturated heterocycles. The number of benzene rings is 3. The van der Waals surface area contributed by atoms with Gasteiger partial charge >= 0.3 is 0 Å². The van der Waals surface area contributed by atoms with E-state index >= 15 is 0 Å². The minimum absolute atomic E-state index is 0.187. The van der Waals surface area contributed by atoms with Gasteiger partial charge in [-0.25, -0.2) is 17.5 Å². The Morgan fingerprint density at radius 1 is 1.00 bits per heavy atom. The number of halogens is 1. The zero-order valence-electron chi connectivity index (χ0n) is 24.2. The van der Waals surface area contributed by atoms with Gasteiger partial charge in [0, 0.05) is 36.6 Å². The second kappa shape index (κ2) is 11.1. The van der Waals surface area contributed by atoms with E-state index in [2.05, 4.69) is 48.3 Å². The summed E-state index contributed by atoms with van der Waals surface area (Å²) in [5.41, 5.74) is 4.79. The first kappa shape index (κ1) is 28.3. The lowest BCUT2D eigenvalue weighted by Crippen LogP contribution is -2.37. The van der Waals surface area contributed by atoms with E-state index in [0.717, 1.165) is 34.1 Å². The molecule has 42 heavy (non-hydrogen) atoms. The topological polar surface area (TPSA) is 73.0 Å². The standard InChI is InChI=1S/C33H36FN5O2S/c1-4-15-37-22-29(21-35-37)42(40,41)38-16-14-33(23-38,19-25-8-6-5-7-9-25)31-17-26-20-36-39(28-12-10-27(34)11-13-28)32(26)18-30(31)24(2)3/h5-13,17-18,20-22,24H,4,14-16,19,23H2,1-3H3. The van der Waals surface area contributed by atoms with Crippen molar-refractivity contribution in [2.45, 2.75) is 62.8 Å². The average molecular weight is 586 g/mol. The quantitative estimate of drug-likeness (QED) is 0.199. The molecule has 9 heteroatoms. The van der Waals surface area contributed by atoms with E-state index in [1.807, 2.05) is 36.0 Å². The number of sulfonamides is 1. The monoisotopic (exact) mass is 585 g/mol. The molecule has 1 unspecified atom stereocenters. The van der Waals surface area contributed by atoms with Crippen LogP contribution in [-0.2, 0) is 28.4 Å². The number of nitrogens with zero attached hydrogens (tertiary/aromatic N) is 5. The molecule has 0 N–H and O–H groups in total. The summed E-state index contributed by atoms with van der Waals surface area (Å²) in [7, 11) is -3.72. The summed E-state index contributed by atoms with van der Waals surface area (Å²) in [6, 6.07) is 21.0. The lowest BCUT2D eigenvalue weighted by atomic mass is 9.71. The summed E-state index contributed by atoms with van der Waals surface area (Å²) in [6.07, 6.45) is 7.24. The van der Waals surface area contributed by atoms with Crippen LogP contribution in [0.5, 0.6) is 0 Å². The van der Waals surface area contributed by atoms with Gasteiger partial charge in [-0.2, -0.15) is 14.5 Å². The molecule has 5 aromatic rings. The van der Waals surface area contributed by atoms with Crippen molar-refractivity contribution >= 4 is 20.9 Å². The molecule has 0 aliphatic carbocycles.